The second-order valence-electron chi connectivity index (χ2n) is 6.64. The summed E-state index contributed by atoms with van der Waals surface area (Å²) in [5.74, 6) is -0.492. The Hall–Kier alpha value is -3.05. The number of amides is 2. The molecule has 1 atom stereocenters. The van der Waals surface area contributed by atoms with Gasteiger partial charge in [0.25, 0.3) is 0 Å². The predicted octanol–water partition coefficient (Wildman–Crippen LogP) is 4.83. The number of nitrogens with one attached hydrogen (secondary N) is 1. The third kappa shape index (κ3) is 4.10. The molecule has 1 fully saturated rings. The van der Waals surface area contributed by atoms with E-state index in [4.69, 9.17) is 0 Å². The molecule has 1 heterocycles. The van der Waals surface area contributed by atoms with Crippen molar-refractivity contribution in [1.82, 2.24) is 0 Å². The van der Waals surface area contributed by atoms with Crippen molar-refractivity contribution in [3.63, 3.8) is 0 Å². The largest absolute Gasteiger partial charge is 0.325 e. The molecule has 0 spiro atoms. The number of carbonyl (C=O) groups is 2. The topological polar surface area (TPSA) is 49.4 Å². The standard InChI is InChI=1S/C23H20N2O2S/c26-22-15-17(16-25(22)18-9-3-1-4-10-18)23(27)24-20-13-7-8-14-21(20)28-19-11-5-2-6-12-19/h1-14,17H,15-16H2,(H,24,27). The maximum Gasteiger partial charge on any atom is 0.229 e. The molecule has 1 aliphatic heterocycles. The van der Waals surface area contributed by atoms with Gasteiger partial charge in [0.1, 0.15) is 0 Å². The Bertz CT molecular complexity index is 976. The number of benzene rings is 3. The first-order valence-corrected chi connectivity index (χ1v) is 10.0. The Balaban J connectivity index is 1.47. The number of carbonyl (C=O) groups excluding carboxylic acids is 2. The SMILES string of the molecule is O=C(Nc1ccccc1Sc1ccccc1)C1CC(=O)N(c2ccccc2)C1. The molecular formula is C23H20N2O2S. The van der Waals surface area contributed by atoms with Gasteiger partial charge in [-0.2, -0.15) is 0 Å². The van der Waals surface area contributed by atoms with E-state index in [1.807, 2.05) is 84.9 Å². The van der Waals surface area contributed by atoms with Gasteiger partial charge in [0, 0.05) is 28.4 Å². The first-order valence-electron chi connectivity index (χ1n) is 9.19. The molecule has 3 aromatic rings. The van der Waals surface area contributed by atoms with Gasteiger partial charge in [-0.05, 0) is 36.4 Å². The highest BCUT2D eigenvalue weighted by Crippen LogP contribution is 2.34. The van der Waals surface area contributed by atoms with E-state index in [-0.39, 0.29) is 24.2 Å². The molecule has 5 heteroatoms. The van der Waals surface area contributed by atoms with Crippen LogP contribution in [0.5, 0.6) is 0 Å². The number of hydrogen-bond acceptors (Lipinski definition) is 3. The normalized spacial score (nSPS) is 16.2. The van der Waals surface area contributed by atoms with Crippen molar-refractivity contribution in [3.05, 3.63) is 84.9 Å². The van der Waals surface area contributed by atoms with Crippen LogP contribution in [0.4, 0.5) is 11.4 Å². The van der Waals surface area contributed by atoms with Crippen LogP contribution >= 0.6 is 11.8 Å². The molecule has 1 saturated heterocycles. The molecule has 3 aromatic carbocycles. The number of nitrogens with zero attached hydrogens (tertiary/aromatic N) is 1. The maximum absolute atomic E-state index is 12.8. The molecule has 28 heavy (non-hydrogen) atoms. The Labute approximate surface area is 168 Å². The van der Waals surface area contributed by atoms with Gasteiger partial charge in [0.15, 0.2) is 0 Å². The van der Waals surface area contributed by atoms with Crippen LogP contribution in [0.1, 0.15) is 6.42 Å². The fraction of sp³-hybridized carbons (Fsp3) is 0.130. The van der Waals surface area contributed by atoms with E-state index < -0.39 is 0 Å². The molecule has 1 N–H and O–H groups in total. The van der Waals surface area contributed by atoms with Crippen LogP contribution in [-0.2, 0) is 9.59 Å². The monoisotopic (exact) mass is 388 g/mol. The average Bonchev–Trinajstić information content (AvgIpc) is 3.13. The first kappa shape index (κ1) is 18.3. The van der Waals surface area contributed by atoms with Crippen molar-refractivity contribution in [2.24, 2.45) is 5.92 Å². The third-order valence-corrected chi connectivity index (χ3v) is 5.76. The number of hydrogen-bond donors (Lipinski definition) is 1. The smallest absolute Gasteiger partial charge is 0.229 e. The van der Waals surface area contributed by atoms with Gasteiger partial charge >= 0.3 is 0 Å². The van der Waals surface area contributed by atoms with Crippen LogP contribution in [0.3, 0.4) is 0 Å². The van der Waals surface area contributed by atoms with E-state index >= 15 is 0 Å². The molecule has 1 aliphatic rings. The summed E-state index contributed by atoms with van der Waals surface area (Å²) >= 11 is 1.60. The minimum atomic E-state index is -0.359. The van der Waals surface area contributed by atoms with Crippen molar-refractivity contribution < 1.29 is 9.59 Å². The zero-order valence-corrected chi connectivity index (χ0v) is 16.1. The molecule has 0 aliphatic carbocycles. The lowest BCUT2D eigenvalue weighted by Gasteiger charge is -2.17. The van der Waals surface area contributed by atoms with Gasteiger partial charge in [-0.1, -0.05) is 60.3 Å². The highest BCUT2D eigenvalue weighted by Gasteiger charge is 2.35. The molecule has 4 nitrogen and oxygen atoms in total. The molecule has 0 radical (unpaired) electrons. The lowest BCUT2D eigenvalue weighted by Crippen LogP contribution is -2.28. The summed E-state index contributed by atoms with van der Waals surface area (Å²) in [6, 6.07) is 27.3. The quantitative estimate of drug-likeness (QED) is 0.681. The fourth-order valence-electron chi connectivity index (χ4n) is 3.25. The Morgan fingerprint density at radius 3 is 2.29 bits per heavy atom. The van der Waals surface area contributed by atoms with Gasteiger partial charge < -0.3 is 10.2 Å². The summed E-state index contributed by atoms with van der Waals surface area (Å²) in [4.78, 5) is 29.0. The Morgan fingerprint density at radius 1 is 0.893 bits per heavy atom. The summed E-state index contributed by atoms with van der Waals surface area (Å²) in [5.41, 5.74) is 1.61. The van der Waals surface area contributed by atoms with Gasteiger partial charge in [0.05, 0.1) is 11.6 Å². The zero-order valence-electron chi connectivity index (χ0n) is 15.2. The molecule has 0 saturated carbocycles. The van der Waals surface area contributed by atoms with Crippen LogP contribution in [-0.4, -0.2) is 18.4 Å². The summed E-state index contributed by atoms with van der Waals surface area (Å²) in [5, 5.41) is 3.03. The van der Waals surface area contributed by atoms with Crippen LogP contribution in [0.2, 0.25) is 0 Å². The van der Waals surface area contributed by atoms with Crippen molar-refractivity contribution in [2.75, 3.05) is 16.8 Å². The van der Waals surface area contributed by atoms with E-state index in [9.17, 15) is 9.59 Å². The van der Waals surface area contributed by atoms with Crippen LogP contribution < -0.4 is 10.2 Å². The number of para-hydroxylation sites is 2. The molecule has 0 bridgehead atoms. The highest BCUT2D eigenvalue weighted by molar-refractivity contribution is 7.99. The third-order valence-electron chi connectivity index (χ3n) is 4.68. The molecule has 1 unspecified atom stereocenters. The van der Waals surface area contributed by atoms with E-state index in [0.717, 1.165) is 21.2 Å². The van der Waals surface area contributed by atoms with E-state index in [1.54, 1.807) is 16.7 Å². The second kappa shape index (κ2) is 8.31. The summed E-state index contributed by atoms with van der Waals surface area (Å²) in [6.07, 6.45) is 0.231. The molecule has 140 valence electrons. The zero-order chi connectivity index (χ0) is 19.3. The fourth-order valence-corrected chi connectivity index (χ4v) is 4.17. The first-order chi connectivity index (χ1) is 13.7. The molecular weight excluding hydrogens is 368 g/mol. The molecule has 0 aromatic heterocycles. The van der Waals surface area contributed by atoms with Gasteiger partial charge in [0.2, 0.25) is 11.8 Å². The maximum atomic E-state index is 12.8. The lowest BCUT2D eigenvalue weighted by molar-refractivity contribution is -0.122. The molecule has 4 rings (SSSR count). The average molecular weight is 388 g/mol. The highest BCUT2D eigenvalue weighted by atomic mass is 32.2. The van der Waals surface area contributed by atoms with E-state index in [1.165, 1.54) is 0 Å². The minimum absolute atomic E-state index is 0.0155. The summed E-state index contributed by atoms with van der Waals surface area (Å²) in [6.45, 7) is 0.405. The molecule has 2 amide bonds. The van der Waals surface area contributed by atoms with Crippen molar-refractivity contribution >= 4 is 35.0 Å². The van der Waals surface area contributed by atoms with Gasteiger partial charge in [-0.15, -0.1) is 0 Å². The number of rotatable bonds is 5. The minimum Gasteiger partial charge on any atom is -0.325 e. The van der Waals surface area contributed by atoms with E-state index in [2.05, 4.69) is 5.32 Å². The van der Waals surface area contributed by atoms with Crippen LogP contribution in [0.25, 0.3) is 0 Å². The Morgan fingerprint density at radius 2 is 1.54 bits per heavy atom. The van der Waals surface area contributed by atoms with Crippen molar-refractivity contribution in [1.29, 1.82) is 0 Å². The Kier molecular flexibility index (Phi) is 5.44. The second-order valence-corrected chi connectivity index (χ2v) is 7.76. The van der Waals surface area contributed by atoms with Crippen LogP contribution in [0, 0.1) is 5.92 Å². The van der Waals surface area contributed by atoms with Crippen LogP contribution in [0.15, 0.2) is 94.7 Å². The lowest BCUT2D eigenvalue weighted by atomic mass is 10.1. The summed E-state index contributed by atoms with van der Waals surface area (Å²) < 4.78 is 0. The van der Waals surface area contributed by atoms with Gasteiger partial charge in [-0.3, -0.25) is 9.59 Å². The van der Waals surface area contributed by atoms with Crippen molar-refractivity contribution in [2.45, 2.75) is 16.2 Å². The number of anilines is 2. The predicted molar refractivity (Wildman–Crippen MR) is 113 cm³/mol. The van der Waals surface area contributed by atoms with E-state index in [0.29, 0.717) is 6.54 Å². The summed E-state index contributed by atoms with van der Waals surface area (Å²) in [7, 11) is 0. The van der Waals surface area contributed by atoms with Crippen molar-refractivity contribution in [3.8, 4) is 0 Å². The van der Waals surface area contributed by atoms with Gasteiger partial charge in [-0.25, -0.2) is 0 Å².